The highest BCUT2D eigenvalue weighted by Gasteiger charge is 2.23. The van der Waals surface area contributed by atoms with Crippen molar-refractivity contribution in [1.82, 2.24) is 14.8 Å². The fourth-order valence-electron chi connectivity index (χ4n) is 3.58. The Bertz CT molecular complexity index is 866. The van der Waals surface area contributed by atoms with Crippen LogP contribution < -0.4 is 10.2 Å². The summed E-state index contributed by atoms with van der Waals surface area (Å²) in [5.74, 6) is -1.11. The number of para-hydroxylation sites is 1. The third-order valence-corrected chi connectivity index (χ3v) is 5.16. The lowest BCUT2D eigenvalue weighted by Crippen LogP contribution is -3.06. The molecule has 1 fully saturated rings. The van der Waals surface area contributed by atoms with Crippen molar-refractivity contribution in [3.8, 4) is 0 Å². The highest BCUT2D eigenvalue weighted by molar-refractivity contribution is 6.45. The Morgan fingerprint density at radius 2 is 1.79 bits per heavy atom. The van der Waals surface area contributed by atoms with E-state index in [2.05, 4.69) is 5.32 Å². The lowest BCUT2D eigenvalue weighted by molar-refractivity contribution is -0.856. The van der Waals surface area contributed by atoms with Gasteiger partial charge in [0.1, 0.15) is 6.54 Å². The second kappa shape index (κ2) is 9.01. The summed E-state index contributed by atoms with van der Waals surface area (Å²) in [7, 11) is 3.97. The summed E-state index contributed by atoms with van der Waals surface area (Å²) in [6, 6.07) is 7.41. The van der Waals surface area contributed by atoms with E-state index in [1.165, 1.54) is 11.3 Å². The molecule has 1 saturated heterocycles. The number of hydrogen-bond donors (Lipinski definition) is 2. The molecule has 1 aromatic carbocycles. The van der Waals surface area contributed by atoms with E-state index in [0.29, 0.717) is 17.5 Å². The number of amides is 2. The highest BCUT2D eigenvalue weighted by atomic mass is 16.2. The van der Waals surface area contributed by atoms with Gasteiger partial charge in [-0.2, -0.15) is 0 Å². The molecule has 0 bridgehead atoms. The number of Topliss-reactive ketones (excluding diaryl/α,β-unsaturated/α-hetero) is 1. The zero-order chi connectivity index (χ0) is 20.1. The van der Waals surface area contributed by atoms with E-state index in [0.717, 1.165) is 38.0 Å². The van der Waals surface area contributed by atoms with E-state index >= 15 is 0 Å². The Morgan fingerprint density at radius 1 is 1.07 bits per heavy atom. The van der Waals surface area contributed by atoms with Crippen LogP contribution in [-0.2, 0) is 16.1 Å². The minimum Gasteiger partial charge on any atom is -0.344 e. The van der Waals surface area contributed by atoms with Crippen molar-refractivity contribution in [2.45, 2.75) is 25.8 Å². The number of carbonyl (C=O) groups is 3. The van der Waals surface area contributed by atoms with Crippen molar-refractivity contribution in [3.05, 3.63) is 36.0 Å². The SMILES string of the molecule is C[NH+](C)CCNC(=O)C(=O)c1cn(CC(=O)N2CCCCC2)c2ccccc12. The number of nitrogens with zero attached hydrogens (tertiary/aromatic N) is 2. The maximum atomic E-state index is 12.7. The zero-order valence-corrected chi connectivity index (χ0v) is 16.7. The molecule has 1 aliphatic heterocycles. The molecule has 0 saturated carbocycles. The monoisotopic (exact) mass is 385 g/mol. The summed E-state index contributed by atoms with van der Waals surface area (Å²) >= 11 is 0. The predicted molar refractivity (Wildman–Crippen MR) is 107 cm³/mol. The van der Waals surface area contributed by atoms with Crippen molar-refractivity contribution < 1.29 is 19.3 Å². The van der Waals surface area contributed by atoms with E-state index in [9.17, 15) is 14.4 Å². The lowest BCUT2D eigenvalue weighted by atomic mass is 10.1. The average molecular weight is 385 g/mol. The number of hydrogen-bond acceptors (Lipinski definition) is 3. The van der Waals surface area contributed by atoms with Gasteiger partial charge in [0.05, 0.1) is 32.7 Å². The summed E-state index contributed by atoms with van der Waals surface area (Å²) in [6.07, 6.45) is 4.89. The summed E-state index contributed by atoms with van der Waals surface area (Å²) in [6.45, 7) is 2.95. The first-order valence-corrected chi connectivity index (χ1v) is 9.94. The molecule has 7 nitrogen and oxygen atoms in total. The number of fused-ring (bicyclic) bond motifs is 1. The molecule has 0 unspecified atom stereocenters. The molecule has 2 heterocycles. The van der Waals surface area contributed by atoms with Crippen molar-refractivity contribution in [2.24, 2.45) is 0 Å². The third-order valence-electron chi connectivity index (χ3n) is 5.16. The molecule has 2 aromatic rings. The van der Waals surface area contributed by atoms with Gasteiger partial charge in [-0.1, -0.05) is 18.2 Å². The lowest BCUT2D eigenvalue weighted by Gasteiger charge is -2.27. The molecule has 150 valence electrons. The molecule has 2 N–H and O–H groups in total. The number of aromatic nitrogens is 1. The molecular formula is C21H29N4O3+. The Kier molecular flexibility index (Phi) is 6.46. The van der Waals surface area contributed by atoms with Crippen LogP contribution >= 0.6 is 0 Å². The Balaban J connectivity index is 1.79. The number of rotatable bonds is 7. The van der Waals surface area contributed by atoms with Gasteiger partial charge in [-0.05, 0) is 25.3 Å². The quantitative estimate of drug-likeness (QED) is 0.524. The fraction of sp³-hybridized carbons (Fsp3) is 0.476. The number of likely N-dealkylation sites (tertiary alicyclic amines) is 1. The van der Waals surface area contributed by atoms with Crippen molar-refractivity contribution in [2.75, 3.05) is 40.3 Å². The summed E-state index contributed by atoms with van der Waals surface area (Å²) in [5, 5.41) is 3.39. The smallest absolute Gasteiger partial charge is 0.292 e. The normalized spacial score (nSPS) is 14.5. The molecule has 7 heteroatoms. The summed E-state index contributed by atoms with van der Waals surface area (Å²) < 4.78 is 1.79. The number of likely N-dealkylation sites (N-methyl/N-ethyl adjacent to an activating group) is 1. The number of carbonyl (C=O) groups excluding carboxylic acids is 3. The van der Waals surface area contributed by atoms with Crippen LogP contribution in [0.5, 0.6) is 0 Å². The number of piperidine rings is 1. The van der Waals surface area contributed by atoms with E-state index in [-0.39, 0.29) is 12.5 Å². The van der Waals surface area contributed by atoms with Crippen molar-refractivity contribution in [3.63, 3.8) is 0 Å². The van der Waals surface area contributed by atoms with Crippen LogP contribution in [0.25, 0.3) is 10.9 Å². The van der Waals surface area contributed by atoms with Crippen LogP contribution in [0.3, 0.4) is 0 Å². The van der Waals surface area contributed by atoms with E-state index < -0.39 is 11.7 Å². The predicted octanol–water partition coefficient (Wildman–Crippen LogP) is 0.0972. The molecule has 1 aliphatic rings. The number of nitrogens with one attached hydrogen (secondary N) is 2. The molecule has 1 aromatic heterocycles. The van der Waals surface area contributed by atoms with Crippen LogP contribution in [0.15, 0.2) is 30.5 Å². The Labute approximate surface area is 165 Å². The first kappa shape index (κ1) is 20.1. The van der Waals surface area contributed by atoms with Gasteiger partial charge < -0.3 is 19.7 Å². The largest absolute Gasteiger partial charge is 0.344 e. The van der Waals surface area contributed by atoms with Crippen molar-refractivity contribution >= 4 is 28.5 Å². The van der Waals surface area contributed by atoms with Crippen LogP contribution in [0, 0.1) is 0 Å². The fourth-order valence-corrected chi connectivity index (χ4v) is 3.58. The molecule has 0 atom stereocenters. The molecular weight excluding hydrogens is 356 g/mol. The number of benzene rings is 1. The first-order chi connectivity index (χ1) is 13.5. The number of quaternary nitrogens is 1. The van der Waals surface area contributed by atoms with Gasteiger partial charge in [-0.3, -0.25) is 14.4 Å². The van der Waals surface area contributed by atoms with Crippen molar-refractivity contribution in [1.29, 1.82) is 0 Å². The molecule has 0 radical (unpaired) electrons. The van der Waals surface area contributed by atoms with Gasteiger partial charge in [-0.25, -0.2) is 0 Å². The van der Waals surface area contributed by atoms with E-state index in [1.807, 2.05) is 43.3 Å². The standard InChI is InChI=1S/C21H28N4O3/c1-23(2)13-10-22-21(28)20(27)17-14-25(18-9-5-4-8-16(17)18)15-19(26)24-11-6-3-7-12-24/h4-5,8-9,14H,3,6-7,10-13,15H2,1-2H3,(H,22,28)/p+1. The summed E-state index contributed by atoms with van der Waals surface area (Å²) in [4.78, 5) is 40.7. The van der Waals surface area contributed by atoms with Gasteiger partial charge in [0.25, 0.3) is 11.7 Å². The highest BCUT2D eigenvalue weighted by Crippen LogP contribution is 2.22. The Morgan fingerprint density at radius 3 is 2.50 bits per heavy atom. The van der Waals surface area contributed by atoms with Crippen LogP contribution in [0.4, 0.5) is 0 Å². The van der Waals surface area contributed by atoms with Crippen LogP contribution in [0.2, 0.25) is 0 Å². The minimum atomic E-state index is -0.605. The second-order valence-electron chi connectivity index (χ2n) is 7.67. The van der Waals surface area contributed by atoms with Crippen LogP contribution in [0.1, 0.15) is 29.6 Å². The van der Waals surface area contributed by atoms with Gasteiger partial charge in [-0.15, -0.1) is 0 Å². The maximum Gasteiger partial charge on any atom is 0.292 e. The van der Waals surface area contributed by atoms with Gasteiger partial charge >= 0.3 is 0 Å². The molecule has 0 aliphatic carbocycles. The molecule has 2 amide bonds. The average Bonchev–Trinajstić information content (AvgIpc) is 3.06. The first-order valence-electron chi connectivity index (χ1n) is 9.94. The molecule has 3 rings (SSSR count). The number of ketones is 1. The Hall–Kier alpha value is -2.67. The van der Waals surface area contributed by atoms with E-state index in [4.69, 9.17) is 0 Å². The molecule has 0 spiro atoms. The van der Waals surface area contributed by atoms with Gasteiger partial charge in [0, 0.05) is 30.2 Å². The van der Waals surface area contributed by atoms with Gasteiger partial charge in [0.15, 0.2) is 0 Å². The topological polar surface area (TPSA) is 75.8 Å². The zero-order valence-electron chi connectivity index (χ0n) is 16.7. The minimum absolute atomic E-state index is 0.0536. The third kappa shape index (κ3) is 4.59. The van der Waals surface area contributed by atoms with E-state index in [1.54, 1.807) is 10.8 Å². The second-order valence-corrected chi connectivity index (χ2v) is 7.67. The van der Waals surface area contributed by atoms with Crippen LogP contribution in [-0.4, -0.2) is 67.3 Å². The maximum absolute atomic E-state index is 12.7. The van der Waals surface area contributed by atoms with Gasteiger partial charge in [0.2, 0.25) is 5.91 Å². The molecule has 28 heavy (non-hydrogen) atoms. The summed E-state index contributed by atoms with van der Waals surface area (Å²) in [5.41, 5.74) is 1.14.